The predicted octanol–water partition coefficient (Wildman–Crippen LogP) is -1.55. The molecule has 25 heavy (non-hydrogen) atoms. The second kappa shape index (κ2) is 15.2. The molecular weight excluding hydrogens is 358 g/mol. The second-order valence-electron chi connectivity index (χ2n) is 4.63. The molecule has 0 aromatic rings. The number of rotatable bonds is 12. The van der Waals surface area contributed by atoms with Crippen LogP contribution in [0.3, 0.4) is 0 Å². The van der Waals surface area contributed by atoms with Crippen LogP contribution >= 0.6 is 11.8 Å². The van der Waals surface area contributed by atoms with Crippen LogP contribution in [0.4, 0.5) is 0 Å². The highest BCUT2D eigenvalue weighted by Crippen LogP contribution is 2.04. The minimum absolute atomic E-state index is 0.0213. The Hall–Kier alpha value is -2.34. The molecule has 8 N–H and O–H groups in total. The lowest BCUT2D eigenvalue weighted by Crippen LogP contribution is -2.31. The summed E-state index contributed by atoms with van der Waals surface area (Å²) in [5.74, 6) is -2.96. The molecule has 144 valence electrons. The summed E-state index contributed by atoms with van der Waals surface area (Å²) in [4.78, 5) is 51.3. The summed E-state index contributed by atoms with van der Waals surface area (Å²) in [5.41, 5.74) is 9.81. The predicted molar refractivity (Wildman–Crippen MR) is 88.9 cm³/mol. The van der Waals surface area contributed by atoms with E-state index in [1.165, 1.54) is 11.8 Å². The Morgan fingerprint density at radius 3 is 1.92 bits per heavy atom. The van der Waals surface area contributed by atoms with Crippen LogP contribution in [0.15, 0.2) is 0 Å². The van der Waals surface area contributed by atoms with E-state index < -0.39 is 29.9 Å². The van der Waals surface area contributed by atoms with E-state index in [-0.39, 0.29) is 38.1 Å². The van der Waals surface area contributed by atoms with Gasteiger partial charge in [-0.3, -0.25) is 24.0 Å². The van der Waals surface area contributed by atoms with Crippen LogP contribution in [0.1, 0.15) is 25.7 Å². The standard InChI is InChI=1S/C8H13NO5S.C5H10N2O3/c10-6(9-5-8(13)14)1-3-15-4-2-7(11)12;6-3(5(9)10)1-2-4(7)8/h1-5H2,(H,9,10)(H,11,12)(H,13,14);3H,1-2,6H2,(H2,7,8)(H,9,10). The molecule has 0 rings (SSSR count). The average Bonchev–Trinajstić information content (AvgIpc) is 2.50. The van der Waals surface area contributed by atoms with Gasteiger partial charge in [0.15, 0.2) is 0 Å². The van der Waals surface area contributed by atoms with Crippen molar-refractivity contribution in [2.75, 3.05) is 18.1 Å². The van der Waals surface area contributed by atoms with Crippen LogP contribution in [0.5, 0.6) is 0 Å². The highest BCUT2D eigenvalue weighted by Gasteiger charge is 2.11. The molecule has 0 heterocycles. The average molecular weight is 381 g/mol. The minimum atomic E-state index is -1.11. The van der Waals surface area contributed by atoms with Gasteiger partial charge in [-0.1, -0.05) is 0 Å². The van der Waals surface area contributed by atoms with Gasteiger partial charge in [0.25, 0.3) is 0 Å². The minimum Gasteiger partial charge on any atom is -0.481 e. The molecule has 0 fully saturated rings. The Bertz CT molecular complexity index is 472. The van der Waals surface area contributed by atoms with Crippen LogP contribution in [0.2, 0.25) is 0 Å². The fourth-order valence-corrected chi connectivity index (χ4v) is 1.96. The molecule has 0 radical (unpaired) electrons. The second-order valence-corrected chi connectivity index (χ2v) is 5.85. The number of carboxylic acids is 3. The molecule has 0 aromatic carbocycles. The summed E-state index contributed by atoms with van der Waals surface area (Å²) in [6.45, 7) is -0.376. The Kier molecular flexibility index (Phi) is 15.1. The molecule has 11 nitrogen and oxygen atoms in total. The monoisotopic (exact) mass is 381 g/mol. The third kappa shape index (κ3) is 21.7. The zero-order valence-corrected chi connectivity index (χ0v) is 14.3. The largest absolute Gasteiger partial charge is 0.481 e. The number of thioether (sulfide) groups is 1. The van der Waals surface area contributed by atoms with E-state index in [1.54, 1.807) is 0 Å². The van der Waals surface area contributed by atoms with E-state index in [0.29, 0.717) is 11.5 Å². The summed E-state index contributed by atoms with van der Waals surface area (Å²) < 4.78 is 0. The summed E-state index contributed by atoms with van der Waals surface area (Å²) in [6.07, 6.45) is 0.400. The molecule has 0 aromatic heterocycles. The molecule has 0 aliphatic rings. The molecule has 0 saturated carbocycles. The van der Waals surface area contributed by atoms with Crippen molar-refractivity contribution in [3.63, 3.8) is 0 Å². The van der Waals surface area contributed by atoms with Crippen molar-refractivity contribution in [1.82, 2.24) is 5.32 Å². The SMILES string of the molecule is NC(=O)CCC(N)C(=O)O.O=C(O)CCSCCC(=O)NCC(=O)O. The normalized spacial score (nSPS) is 10.8. The lowest BCUT2D eigenvalue weighted by Gasteiger charge is -2.01. The first-order chi connectivity index (χ1) is 11.6. The molecule has 12 heteroatoms. The number of nitrogens with one attached hydrogen (secondary N) is 1. The van der Waals surface area contributed by atoms with Gasteiger partial charge in [0.1, 0.15) is 12.6 Å². The van der Waals surface area contributed by atoms with Crippen molar-refractivity contribution in [2.45, 2.75) is 31.7 Å². The van der Waals surface area contributed by atoms with Crippen LogP contribution in [0, 0.1) is 0 Å². The molecule has 0 aliphatic carbocycles. The summed E-state index contributed by atoms with van der Waals surface area (Å²) in [7, 11) is 0. The van der Waals surface area contributed by atoms with Gasteiger partial charge >= 0.3 is 17.9 Å². The van der Waals surface area contributed by atoms with Crippen molar-refractivity contribution >= 4 is 41.5 Å². The number of carboxylic acid groups (broad SMARTS) is 3. The Morgan fingerprint density at radius 2 is 1.48 bits per heavy atom. The first-order valence-electron chi connectivity index (χ1n) is 7.11. The molecule has 0 aliphatic heterocycles. The number of hydrogen-bond acceptors (Lipinski definition) is 7. The van der Waals surface area contributed by atoms with E-state index in [1.807, 2.05) is 0 Å². The van der Waals surface area contributed by atoms with E-state index in [0.717, 1.165) is 0 Å². The van der Waals surface area contributed by atoms with Gasteiger partial charge in [-0.15, -0.1) is 0 Å². The Labute approximate surface area is 148 Å². The maximum absolute atomic E-state index is 10.9. The van der Waals surface area contributed by atoms with E-state index in [4.69, 9.17) is 26.8 Å². The van der Waals surface area contributed by atoms with Crippen molar-refractivity contribution in [3.8, 4) is 0 Å². The molecular formula is C13H23N3O8S. The Balaban J connectivity index is 0. The smallest absolute Gasteiger partial charge is 0.322 e. The van der Waals surface area contributed by atoms with Crippen LogP contribution in [-0.2, 0) is 24.0 Å². The van der Waals surface area contributed by atoms with Crippen molar-refractivity contribution < 1.29 is 39.3 Å². The fraction of sp³-hybridized carbons (Fsp3) is 0.615. The molecule has 0 bridgehead atoms. The van der Waals surface area contributed by atoms with Gasteiger partial charge in [0.2, 0.25) is 11.8 Å². The zero-order chi connectivity index (χ0) is 19.8. The summed E-state index contributed by atoms with van der Waals surface area (Å²) in [6, 6.07) is -0.979. The maximum Gasteiger partial charge on any atom is 0.322 e. The van der Waals surface area contributed by atoms with E-state index in [9.17, 15) is 24.0 Å². The van der Waals surface area contributed by atoms with E-state index >= 15 is 0 Å². The maximum atomic E-state index is 10.9. The molecule has 2 amide bonds. The number of carbonyl (C=O) groups is 5. The number of primary amides is 1. The molecule has 0 spiro atoms. The lowest BCUT2D eigenvalue weighted by molar-refractivity contribution is -0.139. The Morgan fingerprint density at radius 1 is 0.920 bits per heavy atom. The summed E-state index contributed by atoms with van der Waals surface area (Å²) >= 11 is 1.36. The third-order valence-electron chi connectivity index (χ3n) is 2.39. The molecule has 0 saturated heterocycles. The topological polar surface area (TPSA) is 210 Å². The fourth-order valence-electron chi connectivity index (χ4n) is 1.11. The lowest BCUT2D eigenvalue weighted by atomic mass is 10.2. The van der Waals surface area contributed by atoms with Gasteiger partial charge in [0, 0.05) is 24.3 Å². The third-order valence-corrected chi connectivity index (χ3v) is 3.38. The van der Waals surface area contributed by atoms with Crippen LogP contribution in [0.25, 0.3) is 0 Å². The highest BCUT2D eigenvalue weighted by molar-refractivity contribution is 7.99. The van der Waals surface area contributed by atoms with Gasteiger partial charge in [0.05, 0.1) is 6.42 Å². The van der Waals surface area contributed by atoms with E-state index in [2.05, 4.69) is 5.32 Å². The van der Waals surface area contributed by atoms with Crippen molar-refractivity contribution in [2.24, 2.45) is 11.5 Å². The van der Waals surface area contributed by atoms with Gasteiger partial charge in [-0.25, -0.2) is 0 Å². The quantitative estimate of drug-likeness (QED) is 0.214. The molecule has 1 atom stereocenters. The van der Waals surface area contributed by atoms with Crippen molar-refractivity contribution in [1.29, 1.82) is 0 Å². The number of nitrogens with two attached hydrogens (primary N) is 2. The van der Waals surface area contributed by atoms with Crippen LogP contribution < -0.4 is 16.8 Å². The number of carbonyl (C=O) groups excluding carboxylic acids is 2. The zero-order valence-electron chi connectivity index (χ0n) is 13.5. The number of amides is 2. The first kappa shape index (κ1) is 24.9. The van der Waals surface area contributed by atoms with Gasteiger partial charge in [-0.2, -0.15) is 11.8 Å². The number of aliphatic carboxylic acids is 3. The number of hydrogen-bond donors (Lipinski definition) is 6. The van der Waals surface area contributed by atoms with Gasteiger partial charge < -0.3 is 32.1 Å². The highest BCUT2D eigenvalue weighted by atomic mass is 32.2. The molecule has 1 unspecified atom stereocenters. The first-order valence-corrected chi connectivity index (χ1v) is 8.26. The summed E-state index contributed by atoms with van der Waals surface area (Å²) in [5, 5.41) is 27.0. The van der Waals surface area contributed by atoms with Crippen LogP contribution in [-0.4, -0.2) is 69.1 Å². The van der Waals surface area contributed by atoms with Crippen molar-refractivity contribution in [3.05, 3.63) is 0 Å². The van der Waals surface area contributed by atoms with Gasteiger partial charge in [-0.05, 0) is 6.42 Å².